The number of primary amides is 1. The molecule has 0 saturated heterocycles. The number of aromatic hydroxyl groups is 1. The van der Waals surface area contributed by atoms with Gasteiger partial charge in [-0.1, -0.05) is 19.1 Å². The van der Waals surface area contributed by atoms with Crippen LogP contribution in [0.1, 0.15) is 28.8 Å². The summed E-state index contributed by atoms with van der Waals surface area (Å²) in [6.45, 7) is 1.68. The first kappa shape index (κ1) is 27.0. The number of rotatable bonds is 2. The van der Waals surface area contributed by atoms with Crippen molar-refractivity contribution in [2.45, 2.75) is 30.6 Å². The molecule has 0 spiro atoms. The summed E-state index contributed by atoms with van der Waals surface area (Å²) >= 11 is 0. The van der Waals surface area contributed by atoms with Crippen molar-refractivity contribution in [3.63, 3.8) is 0 Å². The number of nitrogens with zero attached hydrogens (tertiary/aromatic N) is 1. The first-order chi connectivity index (χ1) is 14.9. The molecule has 1 aromatic carbocycles. The number of aliphatic hydroxyl groups excluding tert-OH is 3. The molecule has 0 saturated carbocycles. The van der Waals surface area contributed by atoms with Crippen LogP contribution in [0.3, 0.4) is 0 Å². The second kappa shape index (κ2) is 8.49. The number of likely N-dealkylation sites (N-methyl/N-ethyl adjacent to an activating group) is 1. The molecule has 1 aromatic rings. The monoisotopic (exact) mass is 480 g/mol. The Bertz CT molecular complexity index is 1140. The van der Waals surface area contributed by atoms with E-state index in [0.29, 0.717) is 5.56 Å². The van der Waals surface area contributed by atoms with Gasteiger partial charge in [0, 0.05) is 11.5 Å². The van der Waals surface area contributed by atoms with Crippen LogP contribution in [0.4, 0.5) is 0 Å². The van der Waals surface area contributed by atoms with E-state index >= 15 is 0 Å². The normalized spacial score (nSPS) is 32.4. The summed E-state index contributed by atoms with van der Waals surface area (Å²) in [6.07, 6.45) is -1.59. The van der Waals surface area contributed by atoms with Gasteiger partial charge in [-0.15, -0.1) is 0 Å². The molecule has 186 valence electrons. The third-order valence-electron chi connectivity index (χ3n) is 7.00. The number of benzene rings is 1. The van der Waals surface area contributed by atoms with Gasteiger partial charge in [0.05, 0.1) is 23.6 Å². The maximum absolute atomic E-state index is 13.3. The van der Waals surface area contributed by atoms with Crippen molar-refractivity contribution < 1.29 is 50.9 Å². The molecule has 0 fully saturated rings. The van der Waals surface area contributed by atoms with Gasteiger partial charge >= 0.3 is 0 Å². The van der Waals surface area contributed by atoms with Gasteiger partial charge < -0.3 is 42.2 Å². The van der Waals surface area contributed by atoms with Crippen LogP contribution in [0.5, 0.6) is 5.75 Å². The van der Waals surface area contributed by atoms with E-state index in [2.05, 4.69) is 0 Å². The van der Waals surface area contributed by atoms with E-state index in [0.717, 1.165) is 0 Å². The van der Waals surface area contributed by atoms with Crippen molar-refractivity contribution >= 4 is 17.5 Å². The number of carbonyl (C=O) groups is 3. The zero-order valence-corrected chi connectivity index (χ0v) is 18.6. The molecule has 12 heteroatoms. The lowest BCUT2D eigenvalue weighted by atomic mass is 9.55. The number of hydrogen-bond donors (Lipinski definition) is 6. The molecule has 12 nitrogen and oxygen atoms in total. The first-order valence-electron chi connectivity index (χ1n) is 10.0. The van der Waals surface area contributed by atoms with Gasteiger partial charge in [-0.3, -0.25) is 19.3 Å². The largest absolute Gasteiger partial charge is 0.510 e. The van der Waals surface area contributed by atoms with Crippen LogP contribution in [0.15, 0.2) is 40.9 Å². The lowest BCUT2D eigenvalue weighted by Gasteiger charge is -2.53. The molecule has 3 aliphatic rings. The van der Waals surface area contributed by atoms with Gasteiger partial charge in [-0.05, 0) is 31.6 Å². The number of phenols is 1. The van der Waals surface area contributed by atoms with Gasteiger partial charge in [0.2, 0.25) is 5.78 Å². The fourth-order valence-electron chi connectivity index (χ4n) is 5.58. The molecule has 4 rings (SSSR count). The molecule has 34 heavy (non-hydrogen) atoms. The Labute approximate surface area is 193 Å². The van der Waals surface area contributed by atoms with Crippen LogP contribution in [0, 0.1) is 11.8 Å². The second-order valence-corrected chi connectivity index (χ2v) is 8.79. The minimum atomic E-state index is -2.89. The van der Waals surface area contributed by atoms with Crippen LogP contribution in [-0.2, 0) is 9.59 Å². The standard InChI is InChI=1S/C22H24N2O8.2H2O/c1-7-8-5-4-6-9(25)11(8)16(26)12-10(7)17(27)14-15(24(2)3)18(28)13(21(23)31)20(30)22(14,32)19(12)29;;/h4-7,10,14-15,17,25,27-29,32H,1-3H3,(H2,23,31);2*1H2/t7-,10+,14+,15-,17-,22-;;/m0../s1. The van der Waals surface area contributed by atoms with E-state index in [-0.39, 0.29) is 22.3 Å². The molecule has 11 N–H and O–H groups in total. The number of carbonyl (C=O) groups excluding carboxylic acids is 3. The quantitative estimate of drug-likeness (QED) is 0.256. The highest BCUT2D eigenvalue weighted by Gasteiger charge is 2.67. The number of aliphatic hydroxyl groups is 4. The summed E-state index contributed by atoms with van der Waals surface area (Å²) in [6, 6.07) is 3.17. The number of hydrogen-bond acceptors (Lipinski definition) is 9. The molecular weight excluding hydrogens is 452 g/mol. The molecule has 3 aliphatic carbocycles. The Morgan fingerprint density at radius 3 is 2.24 bits per heavy atom. The third-order valence-corrected chi connectivity index (χ3v) is 7.00. The maximum atomic E-state index is 13.3. The number of amides is 1. The van der Waals surface area contributed by atoms with Crippen LogP contribution in [-0.4, -0.2) is 90.7 Å². The highest BCUT2D eigenvalue weighted by Crippen LogP contribution is 2.55. The minimum absolute atomic E-state index is 0. The summed E-state index contributed by atoms with van der Waals surface area (Å²) < 4.78 is 0. The van der Waals surface area contributed by atoms with E-state index in [9.17, 15) is 39.9 Å². The van der Waals surface area contributed by atoms with E-state index in [1.807, 2.05) is 0 Å². The summed E-state index contributed by atoms with van der Waals surface area (Å²) in [5, 5.41) is 55.0. The Hall–Kier alpha value is -3.29. The smallest absolute Gasteiger partial charge is 0.255 e. The predicted octanol–water partition coefficient (Wildman–Crippen LogP) is -2.00. The van der Waals surface area contributed by atoms with Crippen LogP contribution >= 0.6 is 0 Å². The van der Waals surface area contributed by atoms with Crippen molar-refractivity contribution in [2.24, 2.45) is 17.6 Å². The number of phenolic OH excluding ortho intramolecular Hbond substituents is 1. The van der Waals surface area contributed by atoms with Crippen LogP contribution in [0.2, 0.25) is 0 Å². The first-order valence-corrected chi connectivity index (χ1v) is 10.0. The zero-order valence-electron chi connectivity index (χ0n) is 18.6. The third kappa shape index (κ3) is 3.07. The summed E-state index contributed by atoms with van der Waals surface area (Å²) in [5.74, 6) is -8.86. The van der Waals surface area contributed by atoms with Gasteiger partial charge in [-0.2, -0.15) is 0 Å². The highest BCUT2D eigenvalue weighted by molar-refractivity contribution is 6.25. The molecule has 0 heterocycles. The van der Waals surface area contributed by atoms with Gasteiger partial charge in [0.25, 0.3) is 5.91 Å². The molecule has 0 aromatic heterocycles. The zero-order chi connectivity index (χ0) is 23.9. The average molecular weight is 480 g/mol. The molecule has 1 amide bonds. The Morgan fingerprint density at radius 2 is 1.71 bits per heavy atom. The van der Waals surface area contributed by atoms with E-state index < -0.39 is 75.6 Å². The molecule has 0 radical (unpaired) electrons. The molecule has 6 atom stereocenters. The summed E-state index contributed by atoms with van der Waals surface area (Å²) in [5.41, 5.74) is 1.36. The molecule has 0 unspecified atom stereocenters. The highest BCUT2D eigenvalue weighted by atomic mass is 16.4. The van der Waals surface area contributed by atoms with Crippen molar-refractivity contribution in [2.75, 3.05) is 14.1 Å². The fourth-order valence-corrected chi connectivity index (χ4v) is 5.58. The molecule has 0 bridgehead atoms. The van der Waals surface area contributed by atoms with Crippen molar-refractivity contribution in [1.82, 2.24) is 4.90 Å². The Balaban J connectivity index is 0.00000204. The number of fused-ring (bicyclic) bond motifs is 3. The van der Waals surface area contributed by atoms with Crippen molar-refractivity contribution in [3.05, 3.63) is 52.0 Å². The van der Waals surface area contributed by atoms with Crippen molar-refractivity contribution in [3.8, 4) is 5.75 Å². The fraction of sp³-hybridized carbons (Fsp3) is 0.409. The summed E-state index contributed by atoms with van der Waals surface area (Å²) in [7, 11) is 2.98. The lowest BCUT2D eigenvalue weighted by molar-refractivity contribution is -0.162. The molecule has 0 aliphatic heterocycles. The SMILES string of the molecule is C[C@H]1c2cccc(O)c2C(=O)C2=C(O)[C@]3(O)C(=O)C(C(N)=O)=C(O)[C@@H](N(C)C)[C@@H]3[C@@H](O)[C@@H]21.O.O. The number of nitrogens with two attached hydrogens (primary N) is 1. The van der Waals surface area contributed by atoms with E-state index in [4.69, 9.17) is 5.73 Å². The van der Waals surface area contributed by atoms with E-state index in [1.54, 1.807) is 19.1 Å². The lowest BCUT2D eigenvalue weighted by Crippen LogP contribution is -2.68. The molecular formula is C22H28N2O10. The van der Waals surface area contributed by atoms with E-state index in [1.165, 1.54) is 25.1 Å². The van der Waals surface area contributed by atoms with Crippen LogP contribution in [0.25, 0.3) is 0 Å². The Kier molecular flexibility index (Phi) is 6.73. The van der Waals surface area contributed by atoms with Crippen LogP contribution < -0.4 is 5.73 Å². The van der Waals surface area contributed by atoms with Gasteiger partial charge in [0.1, 0.15) is 22.8 Å². The predicted molar refractivity (Wildman–Crippen MR) is 117 cm³/mol. The maximum Gasteiger partial charge on any atom is 0.255 e. The topological polar surface area (TPSA) is 245 Å². The number of ketones is 2. The average Bonchev–Trinajstić information content (AvgIpc) is 2.70. The Morgan fingerprint density at radius 1 is 1.12 bits per heavy atom. The van der Waals surface area contributed by atoms with Crippen molar-refractivity contribution in [1.29, 1.82) is 0 Å². The van der Waals surface area contributed by atoms with Gasteiger partial charge in [-0.25, -0.2) is 0 Å². The minimum Gasteiger partial charge on any atom is -0.510 e. The number of Topliss-reactive ketones (excluding diaryl/α,β-unsaturated/α-hetero) is 2. The second-order valence-electron chi connectivity index (χ2n) is 8.79. The van der Waals surface area contributed by atoms with Gasteiger partial charge in [0.15, 0.2) is 11.4 Å². The summed E-state index contributed by atoms with van der Waals surface area (Å²) in [4.78, 5) is 39.8.